The SMILES string of the molecule is C1CCCCCCCCCCCCCCCCCCCCNNNNNNNNNNNNNNNNCCCCCCCCCCCCCCCCCCC1. The van der Waals surface area contributed by atoms with Crippen LogP contribution in [0.3, 0.4) is 0 Å². The van der Waals surface area contributed by atoms with Gasteiger partial charge in [-0.3, -0.25) is 0 Å². The Bertz CT molecular complexity index is 374. The fourth-order valence-corrected chi connectivity index (χ4v) is 7.38. The van der Waals surface area contributed by atoms with E-state index in [2.05, 4.69) is 88.3 Å². The largest absolute Gasteiger partial charge is 0.243 e. The Balaban J connectivity index is 2.00. The van der Waals surface area contributed by atoms with Crippen LogP contribution >= 0.6 is 0 Å². The van der Waals surface area contributed by atoms with Crippen LogP contribution in [0.1, 0.15) is 244 Å². The second-order valence-corrected chi connectivity index (χ2v) is 16.0. The Hall–Kier alpha value is -0.640. The van der Waals surface area contributed by atoms with E-state index in [0.717, 1.165) is 25.9 Å². The van der Waals surface area contributed by atoms with Crippen molar-refractivity contribution in [3.63, 3.8) is 0 Å². The molecule has 336 valence electrons. The van der Waals surface area contributed by atoms with Crippen molar-refractivity contribution in [1.29, 1.82) is 0 Å². The molecule has 0 amide bonds. The molecule has 0 radical (unpaired) electrons. The second-order valence-electron chi connectivity index (χ2n) is 16.0. The highest BCUT2D eigenvalue weighted by Crippen LogP contribution is 2.17. The molecule has 0 atom stereocenters. The molecule has 1 heterocycles. The van der Waals surface area contributed by atoms with Crippen LogP contribution in [-0.2, 0) is 0 Å². The minimum atomic E-state index is 0.912. The van der Waals surface area contributed by atoms with Gasteiger partial charge in [-0.2, -0.15) is 77.5 Å². The van der Waals surface area contributed by atoms with Crippen molar-refractivity contribution in [3.05, 3.63) is 0 Å². The van der Waals surface area contributed by atoms with Crippen molar-refractivity contribution in [2.75, 3.05) is 13.1 Å². The lowest BCUT2D eigenvalue weighted by molar-refractivity contribution is 0.201. The van der Waals surface area contributed by atoms with Crippen LogP contribution in [0.2, 0.25) is 0 Å². The summed E-state index contributed by atoms with van der Waals surface area (Å²) in [7, 11) is 0. The summed E-state index contributed by atoms with van der Waals surface area (Å²) in [6.45, 7) is 1.82. The molecule has 0 unspecified atom stereocenters. The third-order valence-electron chi connectivity index (χ3n) is 10.8. The molecule has 0 aromatic rings. The first kappa shape index (κ1) is 53.4. The van der Waals surface area contributed by atoms with Gasteiger partial charge in [0, 0.05) is 13.1 Å². The average molecular weight is 801 g/mol. The summed E-state index contributed by atoms with van der Waals surface area (Å²) in [6.07, 6.45) is 53.7. The molecule has 0 spiro atoms. The van der Waals surface area contributed by atoms with E-state index in [1.807, 2.05) is 0 Å². The highest BCUT2D eigenvalue weighted by Gasteiger charge is 1.99. The molecule has 1 aliphatic rings. The number of hydrogen-bond donors (Lipinski definition) is 16. The van der Waals surface area contributed by atoms with Crippen LogP contribution in [0.15, 0.2) is 0 Å². The zero-order chi connectivity index (χ0) is 39.6. The molecular weight excluding hydrogens is 705 g/mol. The van der Waals surface area contributed by atoms with E-state index in [1.165, 1.54) is 231 Å². The molecule has 0 aliphatic carbocycles. The van der Waals surface area contributed by atoms with Gasteiger partial charge in [-0.25, -0.2) is 10.9 Å². The van der Waals surface area contributed by atoms with Crippen LogP contribution in [0, 0.1) is 0 Å². The summed E-state index contributed by atoms with van der Waals surface area (Å²) < 4.78 is 0. The van der Waals surface area contributed by atoms with Crippen LogP contribution < -0.4 is 88.3 Å². The van der Waals surface area contributed by atoms with Gasteiger partial charge in [0.2, 0.25) is 0 Å². The molecule has 0 bridgehead atoms. The summed E-state index contributed by atoms with van der Waals surface area (Å²) >= 11 is 0. The number of hydrogen-bond acceptors (Lipinski definition) is 16. The van der Waals surface area contributed by atoms with Crippen LogP contribution in [-0.4, -0.2) is 13.1 Å². The molecule has 16 nitrogen and oxygen atoms in total. The van der Waals surface area contributed by atoms with Gasteiger partial charge in [0.1, 0.15) is 0 Å². The Labute approximate surface area is 344 Å². The summed E-state index contributed by atoms with van der Waals surface area (Å²) in [5.41, 5.74) is 44.4. The zero-order valence-electron chi connectivity index (χ0n) is 36.3. The molecule has 16 heteroatoms. The van der Waals surface area contributed by atoms with Crippen molar-refractivity contribution in [3.8, 4) is 0 Å². The predicted molar refractivity (Wildman–Crippen MR) is 235 cm³/mol. The summed E-state index contributed by atoms with van der Waals surface area (Å²) in [6, 6.07) is 0. The lowest BCUT2D eigenvalue weighted by atomic mass is 10.0. The minimum Gasteiger partial charge on any atom is -0.243 e. The molecule has 0 aromatic heterocycles. The minimum absolute atomic E-state index is 0.912. The first-order valence-corrected chi connectivity index (χ1v) is 24.0. The molecule has 1 aliphatic heterocycles. The third kappa shape index (κ3) is 47.7. The number of rotatable bonds is 0. The highest BCUT2D eigenvalue weighted by molar-refractivity contribution is 4.54. The fourth-order valence-electron chi connectivity index (χ4n) is 7.38. The van der Waals surface area contributed by atoms with Gasteiger partial charge in [0.25, 0.3) is 0 Å². The zero-order valence-corrected chi connectivity index (χ0v) is 36.3. The van der Waals surface area contributed by atoms with Gasteiger partial charge in [0.05, 0.1) is 0 Å². The van der Waals surface area contributed by atoms with E-state index in [0.29, 0.717) is 0 Å². The van der Waals surface area contributed by atoms with Crippen molar-refractivity contribution < 1.29 is 0 Å². The van der Waals surface area contributed by atoms with E-state index >= 15 is 0 Å². The maximum Gasteiger partial charge on any atom is 0.0113 e. The van der Waals surface area contributed by atoms with Crippen molar-refractivity contribution in [2.45, 2.75) is 244 Å². The first-order chi connectivity index (χ1) is 28.0. The Morgan fingerprint density at radius 3 is 0.357 bits per heavy atom. The molecule has 1 saturated heterocycles. The van der Waals surface area contributed by atoms with Gasteiger partial charge in [-0.05, 0) is 12.8 Å². The highest BCUT2D eigenvalue weighted by atomic mass is 16.0. The molecule has 1 fully saturated rings. The monoisotopic (exact) mass is 801 g/mol. The lowest BCUT2D eigenvalue weighted by Gasteiger charge is -2.15. The summed E-state index contributed by atoms with van der Waals surface area (Å²) in [5, 5.41) is 0. The normalized spacial score (nSPS) is 24.0. The lowest BCUT2D eigenvalue weighted by Crippen LogP contribution is -2.68. The van der Waals surface area contributed by atoms with Gasteiger partial charge in [-0.1, -0.05) is 231 Å². The Morgan fingerprint density at radius 2 is 0.214 bits per heavy atom. The average Bonchev–Trinajstić information content (AvgIpc) is 3.21. The summed E-state index contributed by atoms with van der Waals surface area (Å²) in [5.74, 6) is 0. The van der Waals surface area contributed by atoms with Crippen LogP contribution in [0.25, 0.3) is 0 Å². The smallest absolute Gasteiger partial charge is 0.0113 e. The van der Waals surface area contributed by atoms with E-state index in [9.17, 15) is 0 Å². The van der Waals surface area contributed by atoms with Gasteiger partial charge in [0.15, 0.2) is 0 Å². The van der Waals surface area contributed by atoms with E-state index in [1.54, 1.807) is 0 Å². The molecule has 0 saturated carbocycles. The second kappa shape index (κ2) is 50.5. The first-order valence-electron chi connectivity index (χ1n) is 24.0. The molecule has 1 rings (SSSR count). The molecule has 0 aromatic carbocycles. The quantitative estimate of drug-likeness (QED) is 0.120. The van der Waals surface area contributed by atoms with Crippen LogP contribution in [0.4, 0.5) is 0 Å². The van der Waals surface area contributed by atoms with Crippen molar-refractivity contribution in [1.82, 2.24) is 88.3 Å². The van der Waals surface area contributed by atoms with Gasteiger partial charge < -0.3 is 0 Å². The van der Waals surface area contributed by atoms with Gasteiger partial charge >= 0.3 is 0 Å². The van der Waals surface area contributed by atoms with E-state index in [4.69, 9.17) is 0 Å². The number of hydrazine groups is 15. The molecule has 56 heavy (non-hydrogen) atoms. The standard InChI is InChI=1S/C40H96N16/c1-2-4-6-8-10-12-14-16-18-20-22-24-26-28-30-32-34-36-38-40-42-44-46-48-50-52-54-56-55-53-51-49-47-45-43-41-39-37-35-33-31-29-27-25-23-21-19-17-15-13-11-9-7-5-3-1/h41-56H,1-40H2. The number of nitrogens with one attached hydrogen (secondary N) is 16. The molecule has 16 N–H and O–H groups in total. The van der Waals surface area contributed by atoms with Gasteiger partial charge in [-0.15, -0.1) is 0 Å². The summed E-state index contributed by atoms with van der Waals surface area (Å²) in [4.78, 5) is 0. The Morgan fingerprint density at radius 1 is 0.107 bits per heavy atom. The Kier molecular flexibility index (Phi) is 48.1. The topological polar surface area (TPSA) is 192 Å². The van der Waals surface area contributed by atoms with E-state index in [-0.39, 0.29) is 0 Å². The van der Waals surface area contributed by atoms with Crippen LogP contribution in [0.5, 0.6) is 0 Å². The maximum absolute atomic E-state index is 3.14. The fraction of sp³-hybridized carbons (Fsp3) is 1.00. The van der Waals surface area contributed by atoms with Crippen molar-refractivity contribution >= 4 is 0 Å². The van der Waals surface area contributed by atoms with E-state index < -0.39 is 0 Å². The molecular formula is C40H96N16. The predicted octanol–water partition coefficient (Wildman–Crippen LogP) is 6.98. The van der Waals surface area contributed by atoms with Crippen molar-refractivity contribution in [2.24, 2.45) is 0 Å². The third-order valence-corrected chi connectivity index (χ3v) is 10.8. The maximum atomic E-state index is 3.14.